The Morgan fingerprint density at radius 2 is 1.85 bits per heavy atom. The van der Waals surface area contributed by atoms with Crippen molar-refractivity contribution in [2.24, 2.45) is 0 Å². The fourth-order valence-corrected chi connectivity index (χ4v) is 2.71. The Kier molecular flexibility index (Phi) is 5.44. The van der Waals surface area contributed by atoms with Crippen LogP contribution in [0.3, 0.4) is 0 Å². The van der Waals surface area contributed by atoms with Gasteiger partial charge in [-0.05, 0) is 56.9 Å². The van der Waals surface area contributed by atoms with Crippen molar-refractivity contribution in [3.63, 3.8) is 0 Å². The second-order valence-corrected chi connectivity index (χ2v) is 6.05. The van der Waals surface area contributed by atoms with Gasteiger partial charge in [0.2, 0.25) is 0 Å². The third-order valence-corrected chi connectivity index (χ3v) is 3.90. The fourth-order valence-electron chi connectivity index (χ4n) is 2.71. The van der Waals surface area contributed by atoms with Crippen molar-refractivity contribution in [2.45, 2.75) is 40.2 Å². The van der Waals surface area contributed by atoms with E-state index in [2.05, 4.69) is 50.0 Å². The van der Waals surface area contributed by atoms with E-state index in [0.717, 1.165) is 31.8 Å². The van der Waals surface area contributed by atoms with Gasteiger partial charge in [-0.1, -0.05) is 6.07 Å². The molecule has 0 aliphatic carbocycles. The second-order valence-electron chi connectivity index (χ2n) is 6.05. The SMILES string of the molecule is Cc1cc(OC(C)C)c(C)cc1CCN1CCNCC1. The van der Waals surface area contributed by atoms with Crippen LogP contribution < -0.4 is 10.1 Å². The third kappa shape index (κ3) is 4.22. The minimum absolute atomic E-state index is 0.236. The summed E-state index contributed by atoms with van der Waals surface area (Å²) in [6, 6.07) is 4.50. The molecule has 20 heavy (non-hydrogen) atoms. The number of ether oxygens (including phenoxy) is 1. The highest BCUT2D eigenvalue weighted by molar-refractivity contribution is 5.41. The summed E-state index contributed by atoms with van der Waals surface area (Å²) in [5, 5.41) is 3.40. The number of hydrogen-bond donors (Lipinski definition) is 1. The van der Waals surface area contributed by atoms with Crippen LogP contribution in [-0.4, -0.2) is 43.7 Å². The van der Waals surface area contributed by atoms with Crippen molar-refractivity contribution in [3.05, 3.63) is 28.8 Å². The molecular weight excluding hydrogens is 248 g/mol. The molecule has 1 aromatic carbocycles. The van der Waals surface area contributed by atoms with E-state index < -0.39 is 0 Å². The number of rotatable bonds is 5. The maximum Gasteiger partial charge on any atom is 0.122 e. The first kappa shape index (κ1) is 15.3. The summed E-state index contributed by atoms with van der Waals surface area (Å²) in [7, 11) is 0. The van der Waals surface area contributed by atoms with E-state index in [1.165, 1.54) is 29.8 Å². The number of aryl methyl sites for hydroxylation is 2. The molecule has 2 rings (SSSR count). The van der Waals surface area contributed by atoms with Crippen molar-refractivity contribution in [3.8, 4) is 5.75 Å². The topological polar surface area (TPSA) is 24.5 Å². The highest BCUT2D eigenvalue weighted by Crippen LogP contribution is 2.24. The summed E-state index contributed by atoms with van der Waals surface area (Å²) in [4.78, 5) is 2.55. The lowest BCUT2D eigenvalue weighted by atomic mass is 10.0. The number of hydrogen-bond acceptors (Lipinski definition) is 3. The molecule has 1 N–H and O–H groups in total. The van der Waals surface area contributed by atoms with Crippen molar-refractivity contribution in [1.29, 1.82) is 0 Å². The van der Waals surface area contributed by atoms with Crippen molar-refractivity contribution in [1.82, 2.24) is 10.2 Å². The van der Waals surface area contributed by atoms with Crippen LogP contribution in [0.5, 0.6) is 5.75 Å². The molecule has 0 atom stereocenters. The van der Waals surface area contributed by atoms with E-state index in [1.807, 2.05) is 0 Å². The predicted octanol–water partition coefficient (Wildman–Crippen LogP) is 2.54. The van der Waals surface area contributed by atoms with E-state index in [1.54, 1.807) is 0 Å². The van der Waals surface area contributed by atoms with Gasteiger partial charge in [-0.3, -0.25) is 0 Å². The number of nitrogens with zero attached hydrogens (tertiary/aromatic N) is 1. The molecule has 1 fully saturated rings. The molecule has 0 saturated carbocycles. The molecule has 0 aromatic heterocycles. The Morgan fingerprint density at radius 1 is 1.15 bits per heavy atom. The monoisotopic (exact) mass is 276 g/mol. The molecule has 1 heterocycles. The predicted molar refractivity (Wildman–Crippen MR) is 84.7 cm³/mol. The van der Waals surface area contributed by atoms with Crippen LogP contribution in [0.4, 0.5) is 0 Å². The number of piperazine rings is 1. The van der Waals surface area contributed by atoms with Gasteiger partial charge in [-0.25, -0.2) is 0 Å². The molecule has 0 bridgehead atoms. The van der Waals surface area contributed by atoms with Gasteiger partial charge in [0.05, 0.1) is 6.10 Å². The van der Waals surface area contributed by atoms with Crippen molar-refractivity contribution in [2.75, 3.05) is 32.7 Å². The summed E-state index contributed by atoms with van der Waals surface area (Å²) < 4.78 is 5.86. The van der Waals surface area contributed by atoms with Crippen LogP contribution in [0, 0.1) is 13.8 Å². The van der Waals surface area contributed by atoms with Crippen LogP contribution in [0.1, 0.15) is 30.5 Å². The maximum absolute atomic E-state index is 5.86. The zero-order chi connectivity index (χ0) is 14.5. The molecule has 1 aliphatic rings. The lowest BCUT2D eigenvalue weighted by Crippen LogP contribution is -2.44. The molecule has 1 saturated heterocycles. The average Bonchev–Trinajstić information content (AvgIpc) is 2.41. The van der Waals surface area contributed by atoms with Crippen molar-refractivity contribution < 1.29 is 4.74 Å². The van der Waals surface area contributed by atoms with Crippen LogP contribution >= 0.6 is 0 Å². The highest BCUT2D eigenvalue weighted by atomic mass is 16.5. The Hall–Kier alpha value is -1.06. The first-order valence-corrected chi connectivity index (χ1v) is 7.76. The Labute approximate surface area is 123 Å². The molecule has 1 aromatic rings. The summed E-state index contributed by atoms with van der Waals surface area (Å²) in [5.74, 6) is 1.03. The molecule has 0 spiro atoms. The van der Waals surface area contributed by atoms with Crippen LogP contribution in [0.2, 0.25) is 0 Å². The van der Waals surface area contributed by atoms with Gasteiger partial charge in [0.15, 0.2) is 0 Å². The van der Waals surface area contributed by atoms with E-state index in [4.69, 9.17) is 4.74 Å². The normalized spacial score (nSPS) is 16.6. The largest absolute Gasteiger partial charge is 0.491 e. The molecule has 3 nitrogen and oxygen atoms in total. The molecule has 3 heteroatoms. The zero-order valence-corrected chi connectivity index (χ0v) is 13.3. The van der Waals surface area contributed by atoms with Crippen LogP contribution in [-0.2, 0) is 6.42 Å². The molecule has 0 unspecified atom stereocenters. The molecule has 1 aliphatic heterocycles. The number of benzene rings is 1. The summed E-state index contributed by atoms with van der Waals surface area (Å²) in [6.07, 6.45) is 1.37. The third-order valence-electron chi connectivity index (χ3n) is 3.90. The quantitative estimate of drug-likeness (QED) is 0.894. The van der Waals surface area contributed by atoms with Gasteiger partial charge in [0.25, 0.3) is 0 Å². The molecule has 0 radical (unpaired) electrons. The van der Waals surface area contributed by atoms with Gasteiger partial charge in [-0.15, -0.1) is 0 Å². The summed E-state index contributed by atoms with van der Waals surface area (Å²) >= 11 is 0. The molecule has 112 valence electrons. The fraction of sp³-hybridized carbons (Fsp3) is 0.647. The van der Waals surface area contributed by atoms with Gasteiger partial charge in [0, 0.05) is 32.7 Å². The van der Waals surface area contributed by atoms with Crippen LogP contribution in [0.25, 0.3) is 0 Å². The Balaban J connectivity index is 1.99. The molecular formula is C17H28N2O. The Morgan fingerprint density at radius 3 is 2.50 bits per heavy atom. The lowest BCUT2D eigenvalue weighted by molar-refractivity contribution is 0.239. The molecule has 0 amide bonds. The standard InChI is InChI=1S/C17H28N2O/c1-13(2)20-17-12-14(3)16(11-15(17)4)5-8-19-9-6-18-7-10-19/h11-13,18H,5-10H2,1-4H3. The minimum Gasteiger partial charge on any atom is -0.491 e. The second kappa shape index (κ2) is 7.09. The maximum atomic E-state index is 5.86. The average molecular weight is 276 g/mol. The van der Waals surface area contributed by atoms with Crippen molar-refractivity contribution >= 4 is 0 Å². The smallest absolute Gasteiger partial charge is 0.122 e. The van der Waals surface area contributed by atoms with E-state index in [0.29, 0.717) is 0 Å². The van der Waals surface area contributed by atoms with Gasteiger partial charge >= 0.3 is 0 Å². The van der Waals surface area contributed by atoms with Gasteiger partial charge < -0.3 is 15.0 Å². The lowest BCUT2D eigenvalue weighted by Gasteiger charge is -2.27. The van der Waals surface area contributed by atoms with E-state index in [9.17, 15) is 0 Å². The summed E-state index contributed by atoms with van der Waals surface area (Å²) in [5.41, 5.74) is 4.05. The summed E-state index contributed by atoms with van der Waals surface area (Å²) in [6.45, 7) is 14.2. The highest BCUT2D eigenvalue weighted by Gasteiger charge is 2.11. The van der Waals surface area contributed by atoms with Gasteiger partial charge in [-0.2, -0.15) is 0 Å². The zero-order valence-electron chi connectivity index (χ0n) is 13.3. The van der Waals surface area contributed by atoms with Gasteiger partial charge in [0.1, 0.15) is 5.75 Å². The Bertz CT molecular complexity index is 437. The van der Waals surface area contributed by atoms with E-state index in [-0.39, 0.29) is 6.10 Å². The van der Waals surface area contributed by atoms with E-state index >= 15 is 0 Å². The minimum atomic E-state index is 0.236. The van der Waals surface area contributed by atoms with Crippen LogP contribution in [0.15, 0.2) is 12.1 Å². The first-order chi connectivity index (χ1) is 9.56. The number of nitrogens with one attached hydrogen (secondary N) is 1. The first-order valence-electron chi connectivity index (χ1n) is 7.76.